The van der Waals surface area contributed by atoms with Gasteiger partial charge in [-0.15, -0.1) is 11.6 Å². The van der Waals surface area contributed by atoms with Crippen molar-refractivity contribution >= 4 is 17.6 Å². The topological polar surface area (TPSA) is 77.2 Å². The van der Waals surface area contributed by atoms with E-state index in [0.717, 1.165) is 17.3 Å². The largest absolute Gasteiger partial charge is 0.493 e. The van der Waals surface area contributed by atoms with E-state index in [0.29, 0.717) is 18.6 Å². The molecule has 0 bridgehead atoms. The van der Waals surface area contributed by atoms with Crippen LogP contribution in [0.3, 0.4) is 0 Å². The Bertz CT molecular complexity index is 1010. The van der Waals surface area contributed by atoms with Gasteiger partial charge in [-0.25, -0.2) is 23.1 Å². The minimum absolute atomic E-state index is 0.0981. The molecule has 0 spiro atoms. The number of pyridine rings is 1. The molecule has 1 aromatic carbocycles. The minimum Gasteiger partial charge on any atom is -0.493 e. The highest BCUT2D eigenvalue weighted by atomic mass is 35.5. The highest BCUT2D eigenvalue weighted by molar-refractivity contribution is 6.17. The van der Waals surface area contributed by atoms with E-state index >= 15 is 0 Å². The number of methoxy groups -OCH3 is 1. The number of carbonyl (C=O) groups is 1. The lowest BCUT2D eigenvalue weighted by molar-refractivity contribution is -0.139. The van der Waals surface area contributed by atoms with E-state index in [4.69, 9.17) is 21.4 Å². The van der Waals surface area contributed by atoms with E-state index < -0.39 is 29.3 Å². The van der Waals surface area contributed by atoms with Crippen molar-refractivity contribution in [3.63, 3.8) is 0 Å². The van der Waals surface area contributed by atoms with Crippen molar-refractivity contribution in [1.82, 2.24) is 14.5 Å². The maximum Gasteiger partial charge on any atom is 0.310 e. The maximum atomic E-state index is 13.0. The van der Waals surface area contributed by atoms with E-state index in [9.17, 15) is 18.0 Å². The summed E-state index contributed by atoms with van der Waals surface area (Å²) >= 11 is 5.42. The SMILES string of the molecule is COc1cccnc1-n1cnc(C)c1.O=C(O)C(CCCCl)c1cc(F)c(F)c(F)c1. The summed E-state index contributed by atoms with van der Waals surface area (Å²) in [4.78, 5) is 19.3. The molecule has 2 aromatic heterocycles. The molecule has 0 aliphatic rings. The predicted octanol–water partition coefficient (Wildman–Crippen LogP) is 4.88. The van der Waals surface area contributed by atoms with Gasteiger partial charge in [-0.3, -0.25) is 9.36 Å². The molecule has 0 radical (unpaired) electrons. The van der Waals surface area contributed by atoms with E-state index in [1.54, 1.807) is 19.6 Å². The first-order valence-corrected chi connectivity index (χ1v) is 9.75. The Labute approximate surface area is 182 Å². The van der Waals surface area contributed by atoms with Gasteiger partial charge in [-0.05, 0) is 49.6 Å². The smallest absolute Gasteiger partial charge is 0.310 e. The van der Waals surface area contributed by atoms with Crippen LogP contribution >= 0.6 is 11.6 Å². The van der Waals surface area contributed by atoms with Crippen LogP contribution in [0.4, 0.5) is 13.2 Å². The number of benzene rings is 1. The van der Waals surface area contributed by atoms with E-state index in [-0.39, 0.29) is 17.9 Å². The van der Waals surface area contributed by atoms with Gasteiger partial charge in [0.25, 0.3) is 0 Å². The van der Waals surface area contributed by atoms with E-state index in [2.05, 4.69) is 9.97 Å². The van der Waals surface area contributed by atoms with Gasteiger partial charge < -0.3 is 9.84 Å². The molecule has 0 amide bonds. The molecule has 1 unspecified atom stereocenters. The van der Waals surface area contributed by atoms with Crippen molar-refractivity contribution in [3.05, 3.63) is 71.7 Å². The van der Waals surface area contributed by atoms with Gasteiger partial charge in [0.15, 0.2) is 29.0 Å². The van der Waals surface area contributed by atoms with Crippen LogP contribution < -0.4 is 4.74 Å². The van der Waals surface area contributed by atoms with Crippen molar-refractivity contribution in [3.8, 4) is 11.6 Å². The van der Waals surface area contributed by atoms with Gasteiger partial charge >= 0.3 is 5.97 Å². The number of aliphatic carboxylic acids is 1. The van der Waals surface area contributed by atoms with Gasteiger partial charge in [0.2, 0.25) is 0 Å². The molecular weight excluding hydrogens is 435 g/mol. The summed E-state index contributed by atoms with van der Waals surface area (Å²) < 4.78 is 45.7. The standard InChI is InChI=1S/C11H10ClF3O2.C10H11N3O/c12-3-1-2-7(11(16)17)6-4-8(13)10(15)9(14)5-6;1-8-6-13(7-12-8)10-9(14-2)4-3-5-11-10/h4-5,7H,1-3H2,(H,16,17);3-7H,1-2H3. The first-order chi connectivity index (χ1) is 14.8. The van der Waals surface area contributed by atoms with E-state index in [1.807, 2.05) is 29.8 Å². The zero-order valence-electron chi connectivity index (χ0n) is 16.9. The molecule has 10 heteroatoms. The molecule has 0 saturated carbocycles. The summed E-state index contributed by atoms with van der Waals surface area (Å²) in [6, 6.07) is 5.11. The van der Waals surface area contributed by atoms with Crippen molar-refractivity contribution in [1.29, 1.82) is 0 Å². The van der Waals surface area contributed by atoms with Crippen LogP contribution in [0.25, 0.3) is 5.82 Å². The summed E-state index contributed by atoms with van der Waals surface area (Å²) in [7, 11) is 1.63. The Morgan fingerprint density at radius 3 is 2.45 bits per heavy atom. The Morgan fingerprint density at radius 1 is 1.26 bits per heavy atom. The van der Waals surface area contributed by atoms with Gasteiger partial charge in [-0.2, -0.15) is 0 Å². The van der Waals surface area contributed by atoms with Crippen LogP contribution in [0.1, 0.15) is 30.0 Å². The number of rotatable bonds is 7. The quantitative estimate of drug-likeness (QED) is 0.406. The van der Waals surface area contributed by atoms with Crippen molar-refractivity contribution in [2.45, 2.75) is 25.7 Å². The van der Waals surface area contributed by atoms with Crippen LogP contribution in [0.2, 0.25) is 0 Å². The monoisotopic (exact) mass is 455 g/mol. The normalized spacial score (nSPS) is 11.4. The highest BCUT2D eigenvalue weighted by Crippen LogP contribution is 2.25. The molecular formula is C21H21ClF3N3O3. The number of imidazole rings is 1. The number of hydrogen-bond donors (Lipinski definition) is 1. The number of carboxylic acid groups (broad SMARTS) is 1. The number of aryl methyl sites for hydroxylation is 1. The predicted molar refractivity (Wildman–Crippen MR) is 109 cm³/mol. The van der Waals surface area contributed by atoms with Crippen molar-refractivity contribution in [2.75, 3.05) is 13.0 Å². The number of ether oxygens (including phenoxy) is 1. The molecule has 6 nitrogen and oxygen atoms in total. The van der Waals surface area contributed by atoms with Crippen LogP contribution in [0.15, 0.2) is 43.0 Å². The Balaban J connectivity index is 0.000000224. The second kappa shape index (κ2) is 11.4. The molecule has 3 rings (SSSR count). The fourth-order valence-corrected chi connectivity index (χ4v) is 2.92. The van der Waals surface area contributed by atoms with Gasteiger partial charge in [0, 0.05) is 18.3 Å². The average Bonchev–Trinajstić information content (AvgIpc) is 3.18. The van der Waals surface area contributed by atoms with E-state index in [1.165, 1.54) is 0 Å². The second-order valence-corrected chi connectivity index (χ2v) is 6.85. The van der Waals surface area contributed by atoms with Gasteiger partial charge in [0.05, 0.1) is 18.7 Å². The molecule has 2 heterocycles. The fraction of sp³-hybridized carbons (Fsp3) is 0.286. The lowest BCUT2D eigenvalue weighted by Gasteiger charge is -2.12. The summed E-state index contributed by atoms with van der Waals surface area (Å²) in [5.74, 6) is -4.94. The van der Waals surface area contributed by atoms with Crippen LogP contribution in [0.5, 0.6) is 5.75 Å². The minimum atomic E-state index is -1.60. The van der Waals surface area contributed by atoms with Gasteiger partial charge in [0.1, 0.15) is 6.33 Å². The summed E-state index contributed by atoms with van der Waals surface area (Å²) in [5, 5.41) is 8.92. The molecule has 0 saturated heterocycles. The molecule has 1 N–H and O–H groups in total. The summed E-state index contributed by atoms with van der Waals surface area (Å²) in [6.45, 7) is 1.94. The number of carboxylic acids is 1. The molecule has 166 valence electrons. The number of aromatic nitrogens is 3. The summed E-state index contributed by atoms with van der Waals surface area (Å²) in [5.41, 5.74) is 0.858. The Morgan fingerprint density at radius 2 is 1.94 bits per heavy atom. The van der Waals surface area contributed by atoms with Gasteiger partial charge in [-0.1, -0.05) is 0 Å². The maximum absolute atomic E-state index is 13.0. The zero-order valence-corrected chi connectivity index (χ0v) is 17.6. The van der Waals surface area contributed by atoms with Crippen LogP contribution in [-0.4, -0.2) is 38.6 Å². The molecule has 0 fully saturated rings. The third kappa shape index (κ3) is 6.45. The first kappa shape index (κ1) is 24.2. The lowest BCUT2D eigenvalue weighted by Crippen LogP contribution is -2.13. The highest BCUT2D eigenvalue weighted by Gasteiger charge is 2.22. The molecule has 0 aliphatic heterocycles. The number of hydrogen-bond acceptors (Lipinski definition) is 4. The third-order valence-corrected chi connectivity index (χ3v) is 4.53. The number of nitrogens with zero attached hydrogens (tertiary/aromatic N) is 3. The number of halogens is 4. The Hall–Kier alpha value is -3.07. The van der Waals surface area contributed by atoms with Crippen molar-refractivity contribution in [2.24, 2.45) is 0 Å². The fourth-order valence-electron chi connectivity index (χ4n) is 2.76. The zero-order chi connectivity index (χ0) is 23.0. The van der Waals surface area contributed by atoms with Crippen LogP contribution in [0, 0.1) is 24.4 Å². The third-order valence-electron chi connectivity index (χ3n) is 4.26. The molecule has 3 aromatic rings. The first-order valence-electron chi connectivity index (χ1n) is 9.21. The molecule has 1 atom stereocenters. The number of alkyl halides is 1. The summed E-state index contributed by atoms with van der Waals surface area (Å²) in [6.07, 6.45) is 5.89. The Kier molecular flexibility index (Phi) is 8.87. The molecule has 31 heavy (non-hydrogen) atoms. The van der Waals surface area contributed by atoms with Crippen LogP contribution in [-0.2, 0) is 4.79 Å². The molecule has 0 aliphatic carbocycles. The average molecular weight is 456 g/mol. The van der Waals surface area contributed by atoms with Crippen molar-refractivity contribution < 1.29 is 27.8 Å². The lowest BCUT2D eigenvalue weighted by atomic mass is 9.94. The second-order valence-electron chi connectivity index (χ2n) is 6.47.